The molecule has 0 unspecified atom stereocenters. The van der Waals surface area contributed by atoms with Gasteiger partial charge in [0.05, 0.1) is 6.61 Å². The number of nitrogens with one attached hydrogen (secondary N) is 1. The summed E-state index contributed by atoms with van der Waals surface area (Å²) in [6, 6.07) is 8.36. The predicted octanol–water partition coefficient (Wildman–Crippen LogP) is 3.35. The first kappa shape index (κ1) is 22.7. The molecule has 0 aliphatic rings. The number of aryl methyl sites for hydroxylation is 1. The summed E-state index contributed by atoms with van der Waals surface area (Å²) in [5, 5.41) is 3.30. The second kappa shape index (κ2) is 13.0. The number of aliphatic imine (C=N–C) groups is 1. The highest BCUT2D eigenvalue weighted by Crippen LogP contribution is 2.09. The molecule has 136 valence electrons. The Morgan fingerprint density at radius 1 is 1.29 bits per heavy atom. The molecule has 0 bridgehead atoms. The molecule has 1 N–H and O–H groups in total. The fourth-order valence-electron chi connectivity index (χ4n) is 2.23. The molecule has 0 aromatic heterocycles. The van der Waals surface area contributed by atoms with Crippen molar-refractivity contribution in [2.45, 2.75) is 40.2 Å². The lowest BCUT2D eigenvalue weighted by Crippen LogP contribution is -2.38. The van der Waals surface area contributed by atoms with E-state index in [-0.39, 0.29) is 29.9 Å². The van der Waals surface area contributed by atoms with Crippen LogP contribution < -0.4 is 5.32 Å². The molecule has 0 aliphatic carbocycles. The maximum Gasteiger partial charge on any atom is 0.305 e. The quantitative estimate of drug-likeness (QED) is 0.218. The smallest absolute Gasteiger partial charge is 0.305 e. The van der Waals surface area contributed by atoms with E-state index in [4.69, 9.17) is 4.74 Å². The number of halogens is 1. The largest absolute Gasteiger partial charge is 0.466 e. The molecular weight excluding hydrogens is 417 g/mol. The van der Waals surface area contributed by atoms with Gasteiger partial charge < -0.3 is 15.0 Å². The first-order chi connectivity index (χ1) is 11.1. The molecule has 1 rings (SSSR count). The number of carbonyl (C=O) groups excluding carboxylic acids is 1. The first-order valence-electron chi connectivity index (χ1n) is 8.28. The number of nitrogens with zero attached hydrogens (tertiary/aromatic N) is 2. The van der Waals surface area contributed by atoms with Gasteiger partial charge in [0.1, 0.15) is 0 Å². The standard InChI is InChI=1S/C18H29N3O2.HI/c1-5-19-18(20-13-9-12-17(22)23-6-2)21(4)14-16-11-8-7-10-15(16)3;/h7-8,10-11H,5-6,9,12-14H2,1-4H3,(H,19,20);1H. The van der Waals surface area contributed by atoms with Crippen molar-refractivity contribution in [3.05, 3.63) is 35.4 Å². The van der Waals surface area contributed by atoms with Crippen LogP contribution in [0, 0.1) is 6.92 Å². The Kier molecular flexibility index (Phi) is 12.3. The van der Waals surface area contributed by atoms with E-state index in [9.17, 15) is 4.79 Å². The van der Waals surface area contributed by atoms with Crippen LogP contribution in [-0.4, -0.2) is 43.6 Å². The molecule has 5 nitrogen and oxygen atoms in total. The van der Waals surface area contributed by atoms with Crippen LogP contribution in [0.15, 0.2) is 29.3 Å². The Morgan fingerprint density at radius 2 is 2.00 bits per heavy atom. The summed E-state index contributed by atoms with van der Waals surface area (Å²) < 4.78 is 4.92. The van der Waals surface area contributed by atoms with Crippen LogP contribution in [-0.2, 0) is 16.1 Å². The minimum absolute atomic E-state index is 0. The number of ether oxygens (including phenoxy) is 1. The van der Waals surface area contributed by atoms with E-state index in [1.54, 1.807) is 0 Å². The zero-order valence-corrected chi connectivity index (χ0v) is 17.5. The normalized spacial score (nSPS) is 10.8. The van der Waals surface area contributed by atoms with E-state index in [2.05, 4.69) is 47.3 Å². The average molecular weight is 447 g/mol. The highest BCUT2D eigenvalue weighted by molar-refractivity contribution is 14.0. The van der Waals surface area contributed by atoms with Gasteiger partial charge >= 0.3 is 5.97 Å². The van der Waals surface area contributed by atoms with E-state index in [1.165, 1.54) is 11.1 Å². The van der Waals surface area contributed by atoms with Crippen molar-refractivity contribution in [3.63, 3.8) is 0 Å². The first-order valence-corrected chi connectivity index (χ1v) is 8.28. The summed E-state index contributed by atoms with van der Waals surface area (Å²) in [6.07, 6.45) is 1.12. The topological polar surface area (TPSA) is 53.9 Å². The monoisotopic (exact) mass is 447 g/mol. The summed E-state index contributed by atoms with van der Waals surface area (Å²) in [5.74, 6) is 0.709. The Balaban J connectivity index is 0.00000529. The minimum atomic E-state index is -0.152. The second-order valence-electron chi connectivity index (χ2n) is 5.43. The summed E-state index contributed by atoms with van der Waals surface area (Å²) in [5.41, 5.74) is 2.56. The molecule has 0 aliphatic heterocycles. The lowest BCUT2D eigenvalue weighted by atomic mass is 10.1. The van der Waals surface area contributed by atoms with Crippen molar-refractivity contribution in [2.24, 2.45) is 4.99 Å². The fraction of sp³-hybridized carbons (Fsp3) is 0.556. The lowest BCUT2D eigenvalue weighted by Gasteiger charge is -2.23. The molecular formula is C18H30IN3O2. The van der Waals surface area contributed by atoms with Gasteiger partial charge in [0.2, 0.25) is 0 Å². The molecule has 0 saturated heterocycles. The van der Waals surface area contributed by atoms with E-state index < -0.39 is 0 Å². The zero-order valence-electron chi connectivity index (χ0n) is 15.2. The number of benzene rings is 1. The van der Waals surface area contributed by atoms with Gasteiger partial charge in [-0.1, -0.05) is 24.3 Å². The van der Waals surface area contributed by atoms with Gasteiger partial charge in [-0.25, -0.2) is 0 Å². The molecule has 0 fully saturated rings. The number of hydrogen-bond acceptors (Lipinski definition) is 3. The molecule has 1 aromatic rings. The molecule has 6 heteroatoms. The van der Waals surface area contributed by atoms with Crippen LogP contribution in [0.25, 0.3) is 0 Å². The van der Waals surface area contributed by atoms with Crippen LogP contribution in [0.4, 0.5) is 0 Å². The van der Waals surface area contributed by atoms with E-state index in [1.807, 2.05) is 20.0 Å². The highest BCUT2D eigenvalue weighted by Gasteiger charge is 2.08. The third kappa shape index (κ3) is 8.52. The van der Waals surface area contributed by atoms with Crippen molar-refractivity contribution in [1.29, 1.82) is 0 Å². The van der Waals surface area contributed by atoms with Crippen molar-refractivity contribution < 1.29 is 9.53 Å². The molecule has 0 spiro atoms. The van der Waals surface area contributed by atoms with Crippen LogP contribution in [0.5, 0.6) is 0 Å². The van der Waals surface area contributed by atoms with Gasteiger partial charge in [-0.2, -0.15) is 0 Å². The third-order valence-electron chi connectivity index (χ3n) is 3.47. The number of guanidine groups is 1. The van der Waals surface area contributed by atoms with Crippen molar-refractivity contribution in [3.8, 4) is 0 Å². The number of hydrogen-bond donors (Lipinski definition) is 1. The molecule has 0 heterocycles. The summed E-state index contributed by atoms with van der Waals surface area (Å²) >= 11 is 0. The van der Waals surface area contributed by atoms with Crippen LogP contribution >= 0.6 is 24.0 Å². The van der Waals surface area contributed by atoms with E-state index >= 15 is 0 Å². The van der Waals surface area contributed by atoms with Gasteiger partial charge in [0.15, 0.2) is 5.96 Å². The van der Waals surface area contributed by atoms with Crippen molar-refractivity contribution in [2.75, 3.05) is 26.7 Å². The van der Waals surface area contributed by atoms with Crippen LogP contribution in [0.1, 0.15) is 37.8 Å². The highest BCUT2D eigenvalue weighted by atomic mass is 127. The van der Waals surface area contributed by atoms with Gasteiger partial charge in [-0.05, 0) is 38.3 Å². The Hall–Kier alpha value is -1.31. The number of esters is 1. The number of rotatable bonds is 8. The SMILES string of the molecule is CCNC(=NCCCC(=O)OCC)N(C)Cc1ccccc1C.I. The molecule has 0 atom stereocenters. The summed E-state index contributed by atoms with van der Waals surface area (Å²) in [7, 11) is 2.03. The van der Waals surface area contributed by atoms with Crippen LogP contribution in [0.2, 0.25) is 0 Å². The van der Waals surface area contributed by atoms with E-state index in [0.29, 0.717) is 26.0 Å². The van der Waals surface area contributed by atoms with Crippen LogP contribution in [0.3, 0.4) is 0 Å². The lowest BCUT2D eigenvalue weighted by molar-refractivity contribution is -0.143. The Labute approximate surface area is 162 Å². The maximum absolute atomic E-state index is 11.3. The molecule has 0 radical (unpaired) electrons. The maximum atomic E-state index is 11.3. The Bertz CT molecular complexity index is 521. The van der Waals surface area contributed by atoms with Crippen molar-refractivity contribution in [1.82, 2.24) is 10.2 Å². The molecule has 1 aromatic carbocycles. The summed E-state index contributed by atoms with van der Waals surface area (Å²) in [4.78, 5) is 18.0. The Morgan fingerprint density at radius 3 is 2.62 bits per heavy atom. The van der Waals surface area contributed by atoms with Gasteiger partial charge in [0.25, 0.3) is 0 Å². The van der Waals surface area contributed by atoms with Gasteiger partial charge in [-0.15, -0.1) is 24.0 Å². The zero-order chi connectivity index (χ0) is 17.1. The second-order valence-corrected chi connectivity index (χ2v) is 5.43. The third-order valence-corrected chi connectivity index (χ3v) is 3.47. The predicted molar refractivity (Wildman–Crippen MR) is 110 cm³/mol. The van der Waals surface area contributed by atoms with Crippen molar-refractivity contribution >= 4 is 35.9 Å². The number of carbonyl (C=O) groups is 1. The van der Waals surface area contributed by atoms with Gasteiger partial charge in [0, 0.05) is 33.1 Å². The summed E-state index contributed by atoms with van der Waals surface area (Å²) in [6.45, 7) is 8.65. The van der Waals surface area contributed by atoms with Gasteiger partial charge in [-0.3, -0.25) is 9.79 Å². The molecule has 24 heavy (non-hydrogen) atoms. The minimum Gasteiger partial charge on any atom is -0.466 e. The average Bonchev–Trinajstić information content (AvgIpc) is 2.52. The molecule has 0 amide bonds. The molecule has 0 saturated carbocycles. The van der Waals surface area contributed by atoms with E-state index in [0.717, 1.165) is 19.0 Å². The fourth-order valence-corrected chi connectivity index (χ4v) is 2.23.